The Balaban J connectivity index is 6.49. The number of carbonyl (C=O) groups excluding carboxylic acids is 1. The molecular weight excluding hydrogens is 611 g/mol. The molecular formula is C29H56F6O4Si3. The molecule has 42 heavy (non-hydrogen) atoms. The van der Waals surface area contributed by atoms with Gasteiger partial charge in [-0.05, 0) is 71.3 Å². The standard InChI is InChI=1S/C29H56F6O4Si3/c1-12-15-21-41(10,22-17-28(30,31)32)38-27(7,14-3)42(11,23-18-29(33,34)35)39-26(6,13-2)40(8,9)20-16-19-37-25(36)24(4)5/h4,12-23H2,1-3,5-11H3/t26?,27-,41?,42?/m0/s1. The van der Waals surface area contributed by atoms with Crippen molar-refractivity contribution in [3.63, 3.8) is 0 Å². The lowest BCUT2D eigenvalue weighted by Crippen LogP contribution is -2.68. The Morgan fingerprint density at radius 3 is 1.67 bits per heavy atom. The second-order valence-corrected chi connectivity index (χ2v) is 26.9. The minimum absolute atomic E-state index is 0.135. The van der Waals surface area contributed by atoms with Crippen LogP contribution in [-0.4, -0.2) is 60.1 Å². The summed E-state index contributed by atoms with van der Waals surface area (Å²) in [5.74, 6) is -0.465. The fourth-order valence-corrected chi connectivity index (χ4v) is 18.3. The highest BCUT2D eigenvalue weighted by atomic mass is 28.4. The van der Waals surface area contributed by atoms with E-state index in [9.17, 15) is 31.1 Å². The molecule has 0 aliphatic heterocycles. The van der Waals surface area contributed by atoms with Gasteiger partial charge in [-0.3, -0.25) is 0 Å². The molecule has 250 valence electrons. The van der Waals surface area contributed by atoms with Crippen molar-refractivity contribution in [3.8, 4) is 0 Å². The molecule has 0 saturated heterocycles. The molecule has 0 aliphatic rings. The Kier molecular flexibility index (Phi) is 15.8. The van der Waals surface area contributed by atoms with Crippen LogP contribution in [0.4, 0.5) is 26.3 Å². The molecule has 0 radical (unpaired) electrons. The van der Waals surface area contributed by atoms with Gasteiger partial charge in [-0.25, -0.2) is 4.79 Å². The average Bonchev–Trinajstić information content (AvgIpc) is 2.86. The maximum absolute atomic E-state index is 13.7. The van der Waals surface area contributed by atoms with Gasteiger partial charge in [0.1, 0.15) is 0 Å². The number of carbonyl (C=O) groups is 1. The van der Waals surface area contributed by atoms with E-state index in [0.717, 1.165) is 6.42 Å². The van der Waals surface area contributed by atoms with E-state index in [2.05, 4.69) is 19.7 Å². The molecule has 0 rings (SSSR count). The molecule has 0 bridgehead atoms. The van der Waals surface area contributed by atoms with E-state index in [-0.39, 0.29) is 18.7 Å². The molecule has 0 spiro atoms. The van der Waals surface area contributed by atoms with Gasteiger partial charge < -0.3 is 13.6 Å². The minimum Gasteiger partial charge on any atom is -0.462 e. The van der Waals surface area contributed by atoms with E-state index >= 15 is 0 Å². The predicted molar refractivity (Wildman–Crippen MR) is 166 cm³/mol. The zero-order chi connectivity index (χ0) is 33.3. The number of halogens is 6. The fourth-order valence-electron chi connectivity index (χ4n) is 5.34. The molecule has 0 aromatic carbocycles. The van der Waals surface area contributed by atoms with Crippen LogP contribution in [0.1, 0.15) is 86.5 Å². The maximum Gasteiger partial charge on any atom is 0.388 e. The number of alkyl halides is 6. The van der Waals surface area contributed by atoms with Crippen molar-refractivity contribution in [1.29, 1.82) is 0 Å². The van der Waals surface area contributed by atoms with Gasteiger partial charge in [0.05, 0.1) is 19.9 Å². The molecule has 0 N–H and O–H groups in total. The van der Waals surface area contributed by atoms with Crippen molar-refractivity contribution in [2.45, 2.75) is 160 Å². The molecule has 3 unspecified atom stereocenters. The third-order valence-corrected chi connectivity index (χ3v) is 23.0. The highest BCUT2D eigenvalue weighted by Crippen LogP contribution is 2.45. The smallest absolute Gasteiger partial charge is 0.388 e. The molecule has 4 nitrogen and oxygen atoms in total. The third kappa shape index (κ3) is 13.2. The van der Waals surface area contributed by atoms with E-state index in [1.165, 1.54) is 0 Å². The lowest BCUT2D eigenvalue weighted by molar-refractivity contribution is -0.139. The van der Waals surface area contributed by atoms with Gasteiger partial charge >= 0.3 is 18.3 Å². The molecule has 0 aromatic rings. The molecule has 0 aliphatic carbocycles. The second kappa shape index (κ2) is 16.1. The van der Waals surface area contributed by atoms with E-state index < -0.39 is 66.3 Å². The SMILES string of the molecule is C=C(C)C(=O)OCCC[Si](C)(C)C(C)(CC)O[Si](C)(CCC(F)(F)F)[C@@](C)(CC)O[Si](C)(CCCC)CCC(F)(F)F. The fraction of sp³-hybridized carbons (Fsp3) is 0.897. The summed E-state index contributed by atoms with van der Waals surface area (Å²) in [7, 11) is -8.75. The van der Waals surface area contributed by atoms with Gasteiger partial charge in [-0.2, -0.15) is 26.3 Å². The van der Waals surface area contributed by atoms with Gasteiger partial charge in [-0.15, -0.1) is 0 Å². The average molecular weight is 667 g/mol. The third-order valence-electron chi connectivity index (χ3n) is 9.23. The molecule has 4 atom stereocenters. The Bertz CT molecular complexity index is 869. The van der Waals surface area contributed by atoms with Gasteiger partial charge in [0, 0.05) is 23.6 Å². The first-order chi connectivity index (χ1) is 18.8. The Labute approximate surface area is 253 Å². The van der Waals surface area contributed by atoms with E-state index in [1.807, 2.05) is 27.7 Å². The monoisotopic (exact) mass is 666 g/mol. The zero-order valence-electron chi connectivity index (χ0n) is 27.6. The number of unbranched alkanes of at least 4 members (excludes halogenated alkanes) is 1. The molecule has 0 saturated carbocycles. The van der Waals surface area contributed by atoms with Crippen molar-refractivity contribution in [2.75, 3.05) is 6.61 Å². The van der Waals surface area contributed by atoms with Crippen molar-refractivity contribution >= 4 is 30.7 Å². The van der Waals surface area contributed by atoms with Crippen LogP contribution in [0.3, 0.4) is 0 Å². The lowest BCUT2D eigenvalue weighted by Gasteiger charge is -2.55. The summed E-state index contributed by atoms with van der Waals surface area (Å²) in [6.45, 7) is 22.7. The summed E-state index contributed by atoms with van der Waals surface area (Å²) in [6.07, 6.45) is -7.79. The summed E-state index contributed by atoms with van der Waals surface area (Å²) >= 11 is 0. The number of hydrogen-bond donors (Lipinski definition) is 0. The van der Waals surface area contributed by atoms with Gasteiger partial charge in [0.15, 0.2) is 8.32 Å². The summed E-state index contributed by atoms with van der Waals surface area (Å²) in [4.78, 5) is 11.8. The summed E-state index contributed by atoms with van der Waals surface area (Å²) in [5.41, 5.74) is 0.309. The van der Waals surface area contributed by atoms with Crippen molar-refractivity contribution in [1.82, 2.24) is 0 Å². The second-order valence-electron chi connectivity index (χ2n) is 13.3. The van der Waals surface area contributed by atoms with Gasteiger partial charge in [-0.1, -0.05) is 59.3 Å². The summed E-state index contributed by atoms with van der Waals surface area (Å²) in [5, 5.41) is -1.85. The summed E-state index contributed by atoms with van der Waals surface area (Å²) < 4.78 is 100. The minimum atomic E-state index is -4.41. The summed E-state index contributed by atoms with van der Waals surface area (Å²) in [6, 6.07) is 0.842. The predicted octanol–water partition coefficient (Wildman–Crippen LogP) is 10.5. The molecule has 0 amide bonds. The number of ether oxygens (including phenoxy) is 1. The number of esters is 1. The number of hydrogen-bond acceptors (Lipinski definition) is 4. The zero-order valence-corrected chi connectivity index (χ0v) is 30.6. The van der Waals surface area contributed by atoms with Crippen LogP contribution in [-0.2, 0) is 18.4 Å². The Morgan fingerprint density at radius 2 is 1.24 bits per heavy atom. The van der Waals surface area contributed by atoms with Crippen LogP contribution >= 0.6 is 0 Å². The number of rotatable bonds is 20. The molecule has 0 fully saturated rings. The first-order valence-electron chi connectivity index (χ1n) is 15.2. The molecule has 0 aromatic heterocycles. The molecule has 0 heterocycles. The quantitative estimate of drug-likeness (QED) is 0.0426. The van der Waals surface area contributed by atoms with Crippen LogP contribution in [0.2, 0.25) is 50.4 Å². The van der Waals surface area contributed by atoms with Crippen LogP contribution in [0, 0.1) is 0 Å². The normalized spacial score (nSPS) is 18.9. The van der Waals surface area contributed by atoms with E-state index in [1.54, 1.807) is 26.9 Å². The van der Waals surface area contributed by atoms with Gasteiger partial charge in [0.2, 0.25) is 8.32 Å². The maximum atomic E-state index is 13.7. The topological polar surface area (TPSA) is 44.8 Å². The van der Waals surface area contributed by atoms with E-state index in [4.69, 9.17) is 13.6 Å². The van der Waals surface area contributed by atoms with Crippen LogP contribution in [0.15, 0.2) is 12.2 Å². The Hall–Kier alpha value is -0.639. The van der Waals surface area contributed by atoms with Crippen molar-refractivity contribution in [3.05, 3.63) is 12.2 Å². The van der Waals surface area contributed by atoms with Crippen molar-refractivity contribution < 1.29 is 44.7 Å². The van der Waals surface area contributed by atoms with Crippen molar-refractivity contribution in [2.24, 2.45) is 0 Å². The highest BCUT2D eigenvalue weighted by molar-refractivity contribution is 6.83. The van der Waals surface area contributed by atoms with Crippen LogP contribution < -0.4 is 0 Å². The largest absolute Gasteiger partial charge is 0.462 e. The highest BCUT2D eigenvalue weighted by Gasteiger charge is 2.57. The van der Waals surface area contributed by atoms with Crippen LogP contribution in [0.25, 0.3) is 0 Å². The van der Waals surface area contributed by atoms with Gasteiger partial charge in [0.25, 0.3) is 0 Å². The molecule has 13 heteroatoms. The first-order valence-corrected chi connectivity index (χ1v) is 23.8. The Morgan fingerprint density at radius 1 is 0.738 bits per heavy atom. The van der Waals surface area contributed by atoms with E-state index in [0.29, 0.717) is 43.3 Å². The lowest BCUT2D eigenvalue weighted by atomic mass is 10.3. The van der Waals surface area contributed by atoms with Crippen LogP contribution in [0.5, 0.6) is 0 Å². The first kappa shape index (κ1) is 41.4.